The number of nitrogens with zero attached hydrogens (tertiary/aromatic N) is 2. The Morgan fingerprint density at radius 1 is 1.43 bits per heavy atom. The van der Waals surface area contributed by atoms with Crippen LogP contribution in [0.5, 0.6) is 5.75 Å². The molecule has 0 saturated heterocycles. The van der Waals surface area contributed by atoms with E-state index < -0.39 is 37.0 Å². The molecule has 0 fully saturated rings. The van der Waals surface area contributed by atoms with Crippen LogP contribution in [0.15, 0.2) is 24.3 Å². The van der Waals surface area contributed by atoms with Gasteiger partial charge in [0.15, 0.2) is 12.4 Å². The predicted octanol–water partition coefficient (Wildman–Crippen LogP) is 1.06. The molecule has 7 nitrogen and oxygen atoms in total. The highest BCUT2D eigenvalue weighted by molar-refractivity contribution is 5.78. The third-order valence-corrected chi connectivity index (χ3v) is 2.49. The number of aliphatic hydroxyl groups excluding tert-OH is 1. The Bertz CT molecular complexity index is 498. The van der Waals surface area contributed by atoms with Gasteiger partial charge in [0.05, 0.1) is 18.1 Å². The smallest absolute Gasteiger partial charge is 0.310 e. The van der Waals surface area contributed by atoms with E-state index in [0.717, 1.165) is 4.90 Å². The minimum absolute atomic E-state index is 0.128. The summed E-state index contributed by atoms with van der Waals surface area (Å²) in [5.74, 6) is -0.917. The van der Waals surface area contributed by atoms with E-state index in [1.807, 2.05) is 0 Å². The van der Waals surface area contributed by atoms with Crippen LogP contribution in [0.25, 0.3) is 0 Å². The maximum absolute atomic E-state index is 12.3. The topological polar surface area (TPSA) is 92.9 Å². The maximum atomic E-state index is 12.3. The van der Waals surface area contributed by atoms with Gasteiger partial charge in [-0.25, -0.2) is 8.78 Å². The van der Waals surface area contributed by atoms with Crippen LogP contribution in [-0.2, 0) is 4.79 Å². The van der Waals surface area contributed by atoms with E-state index in [9.17, 15) is 23.7 Å². The average molecular weight is 304 g/mol. The first-order chi connectivity index (χ1) is 9.95. The third kappa shape index (κ3) is 5.30. The lowest BCUT2D eigenvalue weighted by Crippen LogP contribution is -2.40. The molecule has 0 aromatic heterocycles. The zero-order valence-electron chi connectivity index (χ0n) is 10.9. The number of benzene rings is 1. The monoisotopic (exact) mass is 304 g/mol. The number of amides is 1. The number of alkyl halides is 2. The Labute approximate surface area is 118 Å². The van der Waals surface area contributed by atoms with Crippen molar-refractivity contribution in [1.29, 1.82) is 0 Å². The van der Waals surface area contributed by atoms with Gasteiger partial charge in [0.25, 0.3) is 12.3 Å². The Kier molecular flexibility index (Phi) is 6.47. The minimum atomic E-state index is -2.74. The molecule has 0 heterocycles. The van der Waals surface area contributed by atoms with Gasteiger partial charge in [-0.1, -0.05) is 12.1 Å². The Morgan fingerprint density at radius 2 is 2.10 bits per heavy atom. The zero-order valence-corrected chi connectivity index (χ0v) is 10.9. The molecule has 1 aromatic carbocycles. The van der Waals surface area contributed by atoms with Crippen LogP contribution in [0.3, 0.4) is 0 Å². The number of para-hydroxylation sites is 2. The van der Waals surface area contributed by atoms with Crippen molar-refractivity contribution >= 4 is 11.6 Å². The van der Waals surface area contributed by atoms with Crippen molar-refractivity contribution in [1.82, 2.24) is 4.90 Å². The lowest BCUT2D eigenvalue weighted by Gasteiger charge is -2.21. The van der Waals surface area contributed by atoms with Gasteiger partial charge in [0.1, 0.15) is 0 Å². The van der Waals surface area contributed by atoms with Gasteiger partial charge >= 0.3 is 5.69 Å². The first-order valence-electron chi connectivity index (χ1n) is 5.98. The fourth-order valence-electron chi connectivity index (χ4n) is 1.57. The molecule has 0 bridgehead atoms. The maximum Gasteiger partial charge on any atom is 0.310 e. The lowest BCUT2D eigenvalue weighted by atomic mass is 10.3. The van der Waals surface area contributed by atoms with Crippen molar-refractivity contribution in [2.75, 3.05) is 26.3 Å². The van der Waals surface area contributed by atoms with E-state index in [1.165, 1.54) is 24.3 Å². The predicted molar refractivity (Wildman–Crippen MR) is 68.3 cm³/mol. The van der Waals surface area contributed by atoms with Crippen molar-refractivity contribution in [3.63, 3.8) is 0 Å². The number of carbonyl (C=O) groups is 1. The summed E-state index contributed by atoms with van der Waals surface area (Å²) in [7, 11) is 0. The van der Waals surface area contributed by atoms with Gasteiger partial charge in [-0.05, 0) is 6.07 Å². The standard InChI is InChI=1S/C12H14F2N2O5/c13-11(14)7-15(5-6-17)12(18)8-21-10-4-2-1-3-9(10)16(19)20/h1-4,11,17H,5-8H2. The molecule has 21 heavy (non-hydrogen) atoms. The summed E-state index contributed by atoms with van der Waals surface area (Å²) >= 11 is 0. The largest absolute Gasteiger partial charge is 0.477 e. The number of hydrogen-bond donors (Lipinski definition) is 1. The molecule has 0 aliphatic rings. The summed E-state index contributed by atoms with van der Waals surface area (Å²) in [5, 5.41) is 19.5. The van der Waals surface area contributed by atoms with Crippen molar-refractivity contribution in [3.8, 4) is 5.75 Å². The van der Waals surface area contributed by atoms with E-state index in [2.05, 4.69) is 0 Å². The molecule has 9 heteroatoms. The number of nitro groups is 1. The number of aliphatic hydroxyl groups is 1. The number of halogens is 2. The van der Waals surface area contributed by atoms with Crippen molar-refractivity contribution < 1.29 is 28.3 Å². The summed E-state index contributed by atoms with van der Waals surface area (Å²) in [4.78, 5) is 22.5. The van der Waals surface area contributed by atoms with Crippen LogP contribution in [0.2, 0.25) is 0 Å². The van der Waals surface area contributed by atoms with Crippen LogP contribution >= 0.6 is 0 Å². The zero-order chi connectivity index (χ0) is 15.8. The summed E-state index contributed by atoms with van der Waals surface area (Å²) < 4.78 is 29.6. The fraction of sp³-hybridized carbons (Fsp3) is 0.417. The highest BCUT2D eigenvalue weighted by atomic mass is 19.3. The summed E-state index contributed by atoms with van der Waals surface area (Å²) in [6, 6.07) is 5.42. The van der Waals surface area contributed by atoms with Crippen LogP contribution < -0.4 is 4.74 Å². The van der Waals surface area contributed by atoms with Crippen molar-refractivity contribution in [2.24, 2.45) is 0 Å². The van der Waals surface area contributed by atoms with Gasteiger partial charge in [-0.15, -0.1) is 0 Å². The molecular formula is C12H14F2N2O5. The number of hydrogen-bond acceptors (Lipinski definition) is 5. The molecule has 1 amide bonds. The van der Waals surface area contributed by atoms with Crippen molar-refractivity contribution in [3.05, 3.63) is 34.4 Å². The molecule has 0 radical (unpaired) electrons. The number of ether oxygens (including phenoxy) is 1. The number of nitro benzene ring substituents is 1. The molecule has 0 saturated carbocycles. The summed E-state index contributed by atoms with van der Waals surface area (Å²) in [6.07, 6.45) is -2.74. The summed E-state index contributed by atoms with van der Waals surface area (Å²) in [5.41, 5.74) is -0.326. The van der Waals surface area contributed by atoms with Crippen LogP contribution in [0, 0.1) is 10.1 Å². The molecule has 116 valence electrons. The van der Waals surface area contributed by atoms with Crippen molar-refractivity contribution in [2.45, 2.75) is 6.43 Å². The SMILES string of the molecule is O=C(COc1ccccc1[N+](=O)[O-])N(CCO)CC(F)F. The first kappa shape index (κ1) is 16.8. The Hall–Kier alpha value is -2.29. The Morgan fingerprint density at radius 3 is 2.67 bits per heavy atom. The third-order valence-electron chi connectivity index (χ3n) is 2.49. The minimum Gasteiger partial charge on any atom is -0.477 e. The van der Waals surface area contributed by atoms with E-state index in [1.54, 1.807) is 0 Å². The quantitative estimate of drug-likeness (QED) is 0.572. The second-order valence-corrected chi connectivity index (χ2v) is 3.97. The molecule has 0 spiro atoms. The highest BCUT2D eigenvalue weighted by Crippen LogP contribution is 2.25. The van der Waals surface area contributed by atoms with Crippen LogP contribution in [0.4, 0.5) is 14.5 Å². The second kappa shape index (κ2) is 8.10. The second-order valence-electron chi connectivity index (χ2n) is 3.97. The molecule has 1 rings (SSSR count). The molecule has 0 aliphatic heterocycles. The molecular weight excluding hydrogens is 290 g/mol. The lowest BCUT2D eigenvalue weighted by molar-refractivity contribution is -0.385. The Balaban J connectivity index is 2.68. The fourth-order valence-corrected chi connectivity index (χ4v) is 1.57. The van der Waals surface area contributed by atoms with Crippen LogP contribution in [-0.4, -0.2) is 53.6 Å². The molecule has 0 aliphatic carbocycles. The first-order valence-corrected chi connectivity index (χ1v) is 5.98. The van der Waals surface area contributed by atoms with E-state index in [-0.39, 0.29) is 18.0 Å². The molecule has 0 unspecified atom stereocenters. The summed E-state index contributed by atoms with van der Waals surface area (Å²) in [6.45, 7) is -2.19. The van der Waals surface area contributed by atoms with Gasteiger partial charge < -0.3 is 14.7 Å². The van der Waals surface area contributed by atoms with Gasteiger partial charge in [0.2, 0.25) is 0 Å². The van der Waals surface area contributed by atoms with Gasteiger partial charge in [-0.2, -0.15) is 0 Å². The van der Waals surface area contributed by atoms with E-state index >= 15 is 0 Å². The van der Waals surface area contributed by atoms with E-state index in [0.29, 0.717) is 0 Å². The van der Waals surface area contributed by atoms with E-state index in [4.69, 9.17) is 9.84 Å². The number of rotatable bonds is 8. The van der Waals surface area contributed by atoms with Crippen LogP contribution in [0.1, 0.15) is 0 Å². The molecule has 1 N–H and O–H groups in total. The highest BCUT2D eigenvalue weighted by Gasteiger charge is 2.20. The molecule has 1 aromatic rings. The normalized spacial score (nSPS) is 10.5. The molecule has 0 atom stereocenters. The van der Waals surface area contributed by atoms with Gasteiger partial charge in [-0.3, -0.25) is 14.9 Å². The average Bonchev–Trinajstić information content (AvgIpc) is 2.44. The number of carbonyl (C=O) groups excluding carboxylic acids is 1. The van der Waals surface area contributed by atoms with Gasteiger partial charge in [0, 0.05) is 12.6 Å².